The zero-order chi connectivity index (χ0) is 25.3. The first-order chi connectivity index (χ1) is 16.7. The molecule has 0 radical (unpaired) electrons. The first-order valence-corrected chi connectivity index (χ1v) is 11.3. The molecule has 3 aromatic rings. The van der Waals surface area contributed by atoms with Crippen molar-refractivity contribution >= 4 is 17.4 Å². The van der Waals surface area contributed by atoms with E-state index in [0.717, 1.165) is 4.68 Å². The second-order valence-corrected chi connectivity index (χ2v) is 8.06. The number of aromatic nitrogens is 2. The Labute approximate surface area is 201 Å². The van der Waals surface area contributed by atoms with E-state index in [-0.39, 0.29) is 24.2 Å². The third-order valence-corrected chi connectivity index (χ3v) is 6.13. The Morgan fingerprint density at radius 2 is 1.66 bits per heavy atom. The largest absolute Gasteiger partial charge is 0.497 e. The first-order valence-electron chi connectivity index (χ1n) is 11.3. The fraction of sp³-hybridized carbons (Fsp3) is 0.320. The Kier molecular flexibility index (Phi) is 6.56. The van der Waals surface area contributed by atoms with Crippen LogP contribution in [0.15, 0.2) is 48.5 Å². The van der Waals surface area contributed by atoms with Crippen LogP contribution in [0.5, 0.6) is 5.75 Å². The van der Waals surface area contributed by atoms with Crippen molar-refractivity contribution in [3.05, 3.63) is 71.0 Å². The van der Waals surface area contributed by atoms with Gasteiger partial charge in [0.1, 0.15) is 17.3 Å². The van der Waals surface area contributed by atoms with Gasteiger partial charge in [-0.2, -0.15) is 18.3 Å². The molecule has 0 fully saturated rings. The maximum atomic E-state index is 13.8. The summed E-state index contributed by atoms with van der Waals surface area (Å²) in [6.07, 6.45) is -4.67. The lowest BCUT2D eigenvalue weighted by molar-refractivity contribution is -0.141. The van der Waals surface area contributed by atoms with Gasteiger partial charge in [0.05, 0.1) is 12.8 Å². The molecular weight excluding hydrogens is 459 g/mol. The molecule has 184 valence electrons. The number of carbonyl (C=O) groups is 1. The average molecular weight is 486 g/mol. The van der Waals surface area contributed by atoms with E-state index in [1.807, 2.05) is 18.7 Å². The molecule has 1 aromatic heterocycles. The van der Waals surface area contributed by atoms with E-state index in [2.05, 4.69) is 5.10 Å². The molecule has 35 heavy (non-hydrogen) atoms. The van der Waals surface area contributed by atoms with Crippen LogP contribution in [0.4, 0.5) is 18.9 Å². The van der Waals surface area contributed by atoms with Gasteiger partial charge in [0, 0.05) is 36.4 Å². The van der Waals surface area contributed by atoms with Crippen molar-refractivity contribution in [3.8, 4) is 11.4 Å². The lowest BCUT2D eigenvalue weighted by Gasteiger charge is -2.28. The summed E-state index contributed by atoms with van der Waals surface area (Å²) in [5.74, 6) is 0.354. The average Bonchev–Trinajstić information content (AvgIpc) is 3.26. The van der Waals surface area contributed by atoms with Crippen LogP contribution in [0, 0.1) is 5.41 Å². The fourth-order valence-electron chi connectivity index (χ4n) is 4.27. The summed E-state index contributed by atoms with van der Waals surface area (Å²) in [4.78, 5) is 16.9. The molecule has 2 aromatic carbocycles. The van der Waals surface area contributed by atoms with Gasteiger partial charge in [-0.3, -0.25) is 10.2 Å². The molecule has 0 atom stereocenters. The van der Waals surface area contributed by atoms with E-state index < -0.39 is 17.8 Å². The van der Waals surface area contributed by atoms with Gasteiger partial charge in [0.15, 0.2) is 5.69 Å². The van der Waals surface area contributed by atoms with Gasteiger partial charge in [-0.15, -0.1) is 0 Å². The predicted molar refractivity (Wildman–Crippen MR) is 127 cm³/mol. The van der Waals surface area contributed by atoms with Crippen LogP contribution in [0.1, 0.15) is 41.2 Å². The van der Waals surface area contributed by atoms with Crippen molar-refractivity contribution in [1.29, 1.82) is 5.41 Å². The number of benzene rings is 2. The van der Waals surface area contributed by atoms with Gasteiger partial charge in [0.25, 0.3) is 5.91 Å². The van der Waals surface area contributed by atoms with Crippen LogP contribution in [0.3, 0.4) is 0 Å². The standard InChI is InChI=1S/C25H26F3N5O2/c1-4-31(5-2)23(29)16-6-8-17(9-7-16)32-15-14-20-21(24(32)34)33(30-22(20)25(26,27)28)18-10-12-19(35-3)13-11-18/h6-13,29H,4-5,14-15H2,1-3H3. The van der Waals surface area contributed by atoms with Crippen LogP contribution < -0.4 is 9.64 Å². The summed E-state index contributed by atoms with van der Waals surface area (Å²) in [7, 11) is 1.49. The molecule has 7 nitrogen and oxygen atoms in total. The second kappa shape index (κ2) is 9.44. The lowest BCUT2D eigenvalue weighted by atomic mass is 10.0. The second-order valence-electron chi connectivity index (χ2n) is 8.06. The van der Waals surface area contributed by atoms with Gasteiger partial charge in [-0.25, -0.2) is 4.68 Å². The number of ether oxygens (including phenoxy) is 1. The summed E-state index contributed by atoms with van der Waals surface area (Å²) >= 11 is 0. The van der Waals surface area contributed by atoms with E-state index in [9.17, 15) is 18.0 Å². The molecule has 10 heteroatoms. The highest BCUT2D eigenvalue weighted by molar-refractivity contribution is 6.08. The number of anilines is 1. The van der Waals surface area contributed by atoms with Crippen LogP contribution >= 0.6 is 0 Å². The molecule has 1 aliphatic heterocycles. The van der Waals surface area contributed by atoms with Crippen LogP contribution in [-0.2, 0) is 12.6 Å². The molecule has 2 heterocycles. The Bertz CT molecular complexity index is 1230. The van der Waals surface area contributed by atoms with Crippen molar-refractivity contribution in [2.24, 2.45) is 0 Å². The minimum atomic E-state index is -4.68. The van der Waals surface area contributed by atoms with Crippen molar-refractivity contribution in [3.63, 3.8) is 0 Å². The number of amides is 1. The van der Waals surface area contributed by atoms with E-state index in [1.54, 1.807) is 48.5 Å². The maximum Gasteiger partial charge on any atom is 0.435 e. The highest BCUT2D eigenvalue weighted by Crippen LogP contribution is 2.37. The first kappa shape index (κ1) is 24.3. The molecule has 0 saturated carbocycles. The van der Waals surface area contributed by atoms with Crippen LogP contribution in [0.25, 0.3) is 5.69 Å². The normalized spacial score (nSPS) is 13.5. The molecule has 1 amide bonds. The van der Waals surface area contributed by atoms with Crippen molar-refractivity contribution in [1.82, 2.24) is 14.7 Å². The number of nitrogens with one attached hydrogen (secondary N) is 1. The number of methoxy groups -OCH3 is 1. The van der Waals surface area contributed by atoms with Gasteiger partial charge >= 0.3 is 6.18 Å². The number of hydrogen-bond donors (Lipinski definition) is 1. The number of alkyl halides is 3. The summed E-state index contributed by atoms with van der Waals surface area (Å²) in [5, 5.41) is 12.2. The molecule has 4 rings (SSSR count). The molecular formula is C25H26F3N5O2. The molecule has 0 bridgehead atoms. The molecule has 0 spiro atoms. The highest BCUT2D eigenvalue weighted by Gasteiger charge is 2.43. The van der Waals surface area contributed by atoms with E-state index in [1.165, 1.54) is 12.0 Å². The lowest BCUT2D eigenvalue weighted by Crippen LogP contribution is -2.39. The molecule has 1 aliphatic rings. The van der Waals surface area contributed by atoms with Crippen LogP contribution in [0.2, 0.25) is 0 Å². The zero-order valence-electron chi connectivity index (χ0n) is 19.7. The number of halogens is 3. The topological polar surface area (TPSA) is 74.5 Å². The Morgan fingerprint density at radius 1 is 1.06 bits per heavy atom. The summed E-state index contributed by atoms with van der Waals surface area (Å²) in [6, 6.07) is 13.3. The van der Waals surface area contributed by atoms with Crippen molar-refractivity contribution in [2.45, 2.75) is 26.4 Å². The SMILES string of the molecule is CCN(CC)C(=N)c1ccc(N2CCc3c(C(F)(F)F)nn(-c4ccc(OC)cc4)c3C2=O)cc1. The van der Waals surface area contributed by atoms with E-state index in [4.69, 9.17) is 10.1 Å². The van der Waals surface area contributed by atoms with Gasteiger partial charge < -0.3 is 14.5 Å². The number of rotatable bonds is 6. The Balaban J connectivity index is 1.72. The molecule has 0 aliphatic carbocycles. The number of hydrogen-bond acceptors (Lipinski definition) is 4. The number of fused-ring (bicyclic) bond motifs is 1. The number of amidine groups is 1. The summed E-state index contributed by atoms with van der Waals surface area (Å²) in [6.45, 7) is 5.42. The van der Waals surface area contributed by atoms with E-state index >= 15 is 0 Å². The number of nitrogens with zero attached hydrogens (tertiary/aromatic N) is 4. The zero-order valence-corrected chi connectivity index (χ0v) is 19.7. The van der Waals surface area contributed by atoms with Crippen molar-refractivity contribution in [2.75, 3.05) is 31.6 Å². The maximum absolute atomic E-state index is 13.8. The minimum Gasteiger partial charge on any atom is -0.497 e. The number of carbonyl (C=O) groups excluding carboxylic acids is 1. The van der Waals surface area contributed by atoms with Gasteiger partial charge in [-0.05, 0) is 68.8 Å². The monoisotopic (exact) mass is 485 g/mol. The smallest absolute Gasteiger partial charge is 0.435 e. The van der Waals surface area contributed by atoms with Crippen LogP contribution in [-0.4, -0.2) is 53.2 Å². The quantitative estimate of drug-likeness (QED) is 0.403. The Morgan fingerprint density at radius 3 is 2.20 bits per heavy atom. The third-order valence-electron chi connectivity index (χ3n) is 6.13. The molecule has 0 saturated heterocycles. The predicted octanol–water partition coefficient (Wildman–Crippen LogP) is 4.77. The third kappa shape index (κ3) is 4.48. The summed E-state index contributed by atoms with van der Waals surface area (Å²) < 4.78 is 47.5. The highest BCUT2D eigenvalue weighted by atomic mass is 19.4. The summed E-state index contributed by atoms with van der Waals surface area (Å²) in [5.41, 5.74) is 0.330. The molecule has 0 unspecified atom stereocenters. The van der Waals surface area contributed by atoms with Crippen molar-refractivity contribution < 1.29 is 22.7 Å². The minimum absolute atomic E-state index is 0.0170. The fourth-order valence-corrected chi connectivity index (χ4v) is 4.27. The van der Waals surface area contributed by atoms with E-state index in [0.29, 0.717) is 41.6 Å². The Hall–Kier alpha value is -3.82. The molecule has 1 N–H and O–H groups in total. The van der Waals surface area contributed by atoms with Gasteiger partial charge in [-0.1, -0.05) is 0 Å². The van der Waals surface area contributed by atoms with Gasteiger partial charge in [0.2, 0.25) is 0 Å².